The zero-order valence-corrected chi connectivity index (χ0v) is 19.7. The average molecular weight is 499 g/mol. The van der Waals surface area contributed by atoms with Gasteiger partial charge in [-0.15, -0.1) is 10.2 Å². The summed E-state index contributed by atoms with van der Waals surface area (Å²) in [5.41, 5.74) is 2.14. The van der Waals surface area contributed by atoms with Crippen molar-refractivity contribution in [3.63, 3.8) is 0 Å². The Morgan fingerprint density at radius 2 is 2.00 bits per heavy atom. The van der Waals surface area contributed by atoms with E-state index >= 15 is 4.39 Å². The Kier molecular flexibility index (Phi) is 6.35. The van der Waals surface area contributed by atoms with Crippen LogP contribution >= 0.6 is 0 Å². The van der Waals surface area contributed by atoms with E-state index in [1.807, 2.05) is 32.3 Å². The zero-order chi connectivity index (χ0) is 25.4. The van der Waals surface area contributed by atoms with Crippen molar-refractivity contribution in [1.82, 2.24) is 29.8 Å². The Morgan fingerprint density at radius 3 is 2.75 bits per heavy atom. The van der Waals surface area contributed by atoms with E-state index in [1.165, 1.54) is 6.07 Å². The Morgan fingerprint density at radius 1 is 1.17 bits per heavy atom. The van der Waals surface area contributed by atoms with Crippen LogP contribution in [0.25, 0.3) is 22.4 Å². The number of aryl methyl sites for hydroxylation is 1. The topological polar surface area (TPSA) is 92.3 Å². The van der Waals surface area contributed by atoms with Gasteiger partial charge in [-0.1, -0.05) is 6.07 Å². The van der Waals surface area contributed by atoms with Crippen LogP contribution in [0.3, 0.4) is 0 Å². The van der Waals surface area contributed by atoms with Gasteiger partial charge in [-0.05, 0) is 49.4 Å². The van der Waals surface area contributed by atoms with Gasteiger partial charge in [-0.3, -0.25) is 4.68 Å². The number of carbonyl (C=O) groups is 1. The minimum Gasteiger partial charge on any atom is -0.415 e. The minimum atomic E-state index is -2.90. The second kappa shape index (κ2) is 9.61. The van der Waals surface area contributed by atoms with Gasteiger partial charge in [0.1, 0.15) is 5.82 Å². The predicted octanol–water partition coefficient (Wildman–Crippen LogP) is 4.09. The summed E-state index contributed by atoms with van der Waals surface area (Å²) in [4.78, 5) is 17.0. The predicted molar refractivity (Wildman–Crippen MR) is 126 cm³/mol. The molecule has 1 saturated heterocycles. The third kappa shape index (κ3) is 4.76. The molecule has 1 aliphatic heterocycles. The van der Waals surface area contributed by atoms with E-state index in [4.69, 9.17) is 4.42 Å². The molecular weight excluding hydrogens is 475 g/mol. The molecule has 9 nitrogen and oxygen atoms in total. The van der Waals surface area contributed by atoms with Gasteiger partial charge in [0.25, 0.3) is 5.89 Å². The van der Waals surface area contributed by atoms with Crippen LogP contribution in [0.5, 0.6) is 0 Å². The Hall–Kier alpha value is -3.93. The van der Waals surface area contributed by atoms with Gasteiger partial charge in [0.15, 0.2) is 0 Å². The number of aromatic nitrogens is 4. The molecule has 4 aromatic rings. The van der Waals surface area contributed by atoms with Gasteiger partial charge >= 0.3 is 12.5 Å². The van der Waals surface area contributed by atoms with Gasteiger partial charge in [-0.25, -0.2) is 9.18 Å². The van der Waals surface area contributed by atoms with Crippen LogP contribution in [0.1, 0.15) is 17.9 Å². The molecule has 0 spiro atoms. The van der Waals surface area contributed by atoms with Crippen LogP contribution in [-0.4, -0.2) is 68.5 Å². The van der Waals surface area contributed by atoms with Crippen LogP contribution in [-0.2, 0) is 13.5 Å². The van der Waals surface area contributed by atoms with Crippen LogP contribution in [0.2, 0.25) is 0 Å². The number of carbonyl (C=O) groups excluding carboxylic acids is 1. The molecule has 5 rings (SSSR count). The molecule has 1 fully saturated rings. The molecule has 12 heteroatoms. The lowest BCUT2D eigenvalue weighted by Gasteiger charge is -2.40. The molecule has 0 aliphatic carbocycles. The maximum absolute atomic E-state index is 15.0. The van der Waals surface area contributed by atoms with Crippen molar-refractivity contribution in [2.24, 2.45) is 7.05 Å². The molecule has 188 valence electrons. The number of amides is 2. The van der Waals surface area contributed by atoms with Crippen LogP contribution in [0.15, 0.2) is 47.0 Å². The van der Waals surface area contributed by atoms with E-state index in [1.54, 1.807) is 27.9 Å². The number of nitrogens with one attached hydrogen (secondary N) is 1. The first-order valence-corrected chi connectivity index (χ1v) is 11.4. The van der Waals surface area contributed by atoms with Crippen LogP contribution in [0, 0.1) is 5.82 Å². The maximum Gasteiger partial charge on any atom is 0.322 e. The van der Waals surface area contributed by atoms with Crippen molar-refractivity contribution in [2.75, 3.05) is 32.0 Å². The number of alkyl halides is 2. The fraction of sp³-hybridized carbons (Fsp3) is 0.333. The highest BCUT2D eigenvalue weighted by molar-refractivity contribution is 5.92. The summed E-state index contributed by atoms with van der Waals surface area (Å²) in [5.74, 6) is -1.54. The highest BCUT2D eigenvalue weighted by Crippen LogP contribution is 2.26. The molecule has 0 bridgehead atoms. The van der Waals surface area contributed by atoms with E-state index in [0.29, 0.717) is 30.9 Å². The van der Waals surface area contributed by atoms with Crippen molar-refractivity contribution in [2.45, 2.75) is 18.9 Å². The van der Waals surface area contributed by atoms with Crippen LogP contribution in [0.4, 0.5) is 23.7 Å². The third-order valence-corrected chi connectivity index (χ3v) is 6.33. The van der Waals surface area contributed by atoms with Gasteiger partial charge in [-0.2, -0.15) is 13.9 Å². The molecule has 36 heavy (non-hydrogen) atoms. The van der Waals surface area contributed by atoms with Crippen molar-refractivity contribution in [3.05, 3.63) is 59.9 Å². The summed E-state index contributed by atoms with van der Waals surface area (Å²) >= 11 is 0. The normalized spacial score (nSPS) is 16.7. The quantitative estimate of drug-likeness (QED) is 0.445. The third-order valence-electron chi connectivity index (χ3n) is 6.33. The first kappa shape index (κ1) is 23.8. The number of piperazine rings is 1. The van der Waals surface area contributed by atoms with Gasteiger partial charge in [0, 0.05) is 43.3 Å². The number of fused-ring (bicyclic) bond motifs is 1. The fourth-order valence-corrected chi connectivity index (χ4v) is 4.41. The number of nitrogens with zero attached hydrogens (tertiary/aromatic N) is 6. The Balaban J connectivity index is 1.33. The summed E-state index contributed by atoms with van der Waals surface area (Å²) in [6.07, 6.45) is -0.869. The molecular formula is C24H24F3N7O2. The number of benzene rings is 2. The van der Waals surface area contributed by atoms with Gasteiger partial charge < -0.3 is 19.5 Å². The Bertz CT molecular complexity index is 1400. The first-order valence-electron chi connectivity index (χ1n) is 11.4. The summed E-state index contributed by atoms with van der Waals surface area (Å²) in [5, 5.41) is 15.0. The van der Waals surface area contributed by atoms with Crippen LogP contribution < -0.4 is 5.32 Å². The number of rotatable bonds is 5. The Labute approximate surface area is 204 Å². The highest BCUT2D eigenvalue weighted by Gasteiger charge is 2.30. The van der Waals surface area contributed by atoms with E-state index in [0.717, 1.165) is 10.9 Å². The molecule has 2 aromatic heterocycles. The summed E-state index contributed by atoms with van der Waals surface area (Å²) in [7, 11) is 3.79. The highest BCUT2D eigenvalue weighted by atomic mass is 19.3. The molecule has 0 radical (unpaired) electrons. The van der Waals surface area contributed by atoms with Crippen molar-refractivity contribution >= 4 is 22.6 Å². The first-order chi connectivity index (χ1) is 17.3. The number of halogens is 3. The van der Waals surface area contributed by atoms with E-state index in [-0.39, 0.29) is 29.9 Å². The second-order valence-corrected chi connectivity index (χ2v) is 8.84. The van der Waals surface area contributed by atoms with E-state index in [9.17, 15) is 13.6 Å². The summed E-state index contributed by atoms with van der Waals surface area (Å²) in [6.45, 7) is 1.74. The van der Waals surface area contributed by atoms with E-state index in [2.05, 4.69) is 25.5 Å². The fourth-order valence-electron chi connectivity index (χ4n) is 4.41. The maximum atomic E-state index is 15.0. The molecule has 1 aliphatic rings. The number of likely N-dealkylation sites (N-methyl/N-ethyl adjacent to an activating group) is 1. The number of anilines is 1. The average Bonchev–Trinajstić information content (AvgIpc) is 3.48. The smallest absolute Gasteiger partial charge is 0.322 e. The van der Waals surface area contributed by atoms with Gasteiger partial charge in [0.05, 0.1) is 17.8 Å². The van der Waals surface area contributed by atoms with Crippen molar-refractivity contribution < 1.29 is 22.4 Å². The number of hydrogen-bond acceptors (Lipinski definition) is 6. The summed E-state index contributed by atoms with van der Waals surface area (Å²) in [6, 6.07) is 9.31. The van der Waals surface area contributed by atoms with Crippen molar-refractivity contribution in [3.8, 4) is 11.5 Å². The number of hydrogen-bond donors (Lipinski definition) is 1. The monoisotopic (exact) mass is 499 g/mol. The summed E-state index contributed by atoms with van der Waals surface area (Å²) < 4.78 is 47.1. The molecule has 0 saturated carbocycles. The standard InChI is InChI=1S/C24H24F3N7O2/c1-32-7-8-34(24(35)29-17-6-5-16-12-28-33(2)20(16)11-17)18(13-32)9-14-3-4-15(10-19(14)25)22-30-31-23(36-22)21(26)27/h3-6,10-12,18,21H,7-9,13H2,1-2H3,(H,29,35). The SMILES string of the molecule is CN1CCN(C(=O)Nc2ccc3cnn(C)c3c2)C(Cc2ccc(-c3nnc(C(F)F)o3)cc2F)C1. The molecule has 1 unspecified atom stereocenters. The molecule has 1 N–H and O–H groups in total. The van der Waals surface area contributed by atoms with E-state index < -0.39 is 18.1 Å². The molecule has 1 atom stereocenters. The second-order valence-electron chi connectivity index (χ2n) is 8.84. The van der Waals surface area contributed by atoms with Crippen molar-refractivity contribution in [1.29, 1.82) is 0 Å². The zero-order valence-electron chi connectivity index (χ0n) is 19.7. The van der Waals surface area contributed by atoms with Gasteiger partial charge in [0.2, 0.25) is 5.89 Å². The molecule has 2 amide bonds. The lowest BCUT2D eigenvalue weighted by Crippen LogP contribution is -2.56. The number of urea groups is 1. The largest absolute Gasteiger partial charge is 0.415 e. The molecule has 3 heterocycles. The minimum absolute atomic E-state index is 0.181. The lowest BCUT2D eigenvalue weighted by atomic mass is 10.0. The molecule has 2 aromatic carbocycles. The lowest BCUT2D eigenvalue weighted by molar-refractivity contribution is 0.115.